The number of carbonyl (C=O) groups is 1. The van der Waals surface area contributed by atoms with Crippen molar-refractivity contribution in [2.45, 2.75) is 5.75 Å². The number of halogens is 2. The SMILES string of the molecule is CN(C(=O)CSCc1ccc(F)cc1Cl)c1ccccc1. The number of nitrogens with zero attached hydrogens (tertiary/aromatic N) is 1. The molecule has 2 aromatic rings. The molecule has 5 heteroatoms. The molecule has 0 fully saturated rings. The van der Waals surface area contributed by atoms with Crippen molar-refractivity contribution in [2.75, 3.05) is 17.7 Å². The van der Waals surface area contributed by atoms with E-state index in [4.69, 9.17) is 11.6 Å². The minimum Gasteiger partial charge on any atom is -0.315 e. The fourth-order valence-corrected chi connectivity index (χ4v) is 3.03. The summed E-state index contributed by atoms with van der Waals surface area (Å²) in [5.41, 5.74) is 1.70. The van der Waals surface area contributed by atoms with Crippen LogP contribution < -0.4 is 4.90 Å². The monoisotopic (exact) mass is 323 g/mol. The van der Waals surface area contributed by atoms with Crippen molar-refractivity contribution in [2.24, 2.45) is 0 Å². The van der Waals surface area contributed by atoms with E-state index < -0.39 is 0 Å². The van der Waals surface area contributed by atoms with Gasteiger partial charge in [-0.15, -0.1) is 11.8 Å². The van der Waals surface area contributed by atoms with E-state index in [1.807, 2.05) is 30.3 Å². The Labute approximate surface area is 132 Å². The summed E-state index contributed by atoms with van der Waals surface area (Å²) in [5, 5.41) is 0.395. The summed E-state index contributed by atoms with van der Waals surface area (Å²) in [4.78, 5) is 13.7. The van der Waals surface area contributed by atoms with Crippen LogP contribution in [-0.4, -0.2) is 18.7 Å². The van der Waals surface area contributed by atoms with Gasteiger partial charge in [-0.1, -0.05) is 35.9 Å². The summed E-state index contributed by atoms with van der Waals surface area (Å²) in [7, 11) is 1.75. The summed E-state index contributed by atoms with van der Waals surface area (Å²) < 4.78 is 12.9. The smallest absolute Gasteiger partial charge is 0.236 e. The zero-order valence-corrected chi connectivity index (χ0v) is 13.1. The second-order valence-electron chi connectivity index (χ2n) is 4.52. The molecule has 0 N–H and O–H groups in total. The number of hydrogen-bond donors (Lipinski definition) is 0. The minimum absolute atomic E-state index is 0.0180. The van der Waals surface area contributed by atoms with Crippen LogP contribution in [-0.2, 0) is 10.5 Å². The van der Waals surface area contributed by atoms with Crippen molar-refractivity contribution in [1.29, 1.82) is 0 Å². The average Bonchev–Trinajstić information content (AvgIpc) is 2.49. The Morgan fingerprint density at radius 2 is 1.95 bits per heavy atom. The molecule has 0 saturated carbocycles. The molecular formula is C16H15ClFNOS. The molecule has 0 unspecified atom stereocenters. The van der Waals surface area contributed by atoms with Gasteiger partial charge in [-0.05, 0) is 29.8 Å². The third kappa shape index (κ3) is 4.48. The van der Waals surface area contributed by atoms with Crippen molar-refractivity contribution in [1.82, 2.24) is 0 Å². The van der Waals surface area contributed by atoms with Crippen LogP contribution in [0, 0.1) is 5.82 Å². The van der Waals surface area contributed by atoms with Crippen LogP contribution in [0.3, 0.4) is 0 Å². The van der Waals surface area contributed by atoms with Gasteiger partial charge in [0.15, 0.2) is 0 Å². The second-order valence-corrected chi connectivity index (χ2v) is 5.91. The molecule has 0 bridgehead atoms. The van der Waals surface area contributed by atoms with Crippen LogP contribution in [0.15, 0.2) is 48.5 Å². The Hall–Kier alpha value is -1.52. The molecule has 0 aliphatic rings. The molecule has 0 aliphatic carbocycles. The van der Waals surface area contributed by atoms with Gasteiger partial charge in [0.05, 0.1) is 5.75 Å². The van der Waals surface area contributed by atoms with Gasteiger partial charge < -0.3 is 4.90 Å². The fraction of sp³-hybridized carbons (Fsp3) is 0.188. The number of benzene rings is 2. The van der Waals surface area contributed by atoms with E-state index in [1.165, 1.54) is 23.9 Å². The number of thioether (sulfide) groups is 1. The maximum absolute atomic E-state index is 12.9. The first kappa shape index (κ1) is 15.9. The molecule has 0 spiro atoms. The highest BCUT2D eigenvalue weighted by Crippen LogP contribution is 2.22. The lowest BCUT2D eigenvalue weighted by Gasteiger charge is -2.17. The van der Waals surface area contributed by atoms with Crippen LogP contribution in [0.1, 0.15) is 5.56 Å². The Morgan fingerprint density at radius 1 is 1.24 bits per heavy atom. The van der Waals surface area contributed by atoms with Gasteiger partial charge in [0.25, 0.3) is 0 Å². The fourth-order valence-electron chi connectivity index (χ4n) is 1.78. The Balaban J connectivity index is 1.87. The van der Waals surface area contributed by atoms with Gasteiger partial charge in [0.1, 0.15) is 5.82 Å². The molecule has 0 radical (unpaired) electrons. The van der Waals surface area contributed by atoms with Gasteiger partial charge in [-0.2, -0.15) is 0 Å². The number of carbonyl (C=O) groups excluding carboxylic acids is 1. The van der Waals surface area contributed by atoms with E-state index in [0.29, 0.717) is 16.5 Å². The number of hydrogen-bond acceptors (Lipinski definition) is 2. The molecule has 0 heterocycles. The van der Waals surface area contributed by atoms with E-state index in [0.717, 1.165) is 11.3 Å². The molecule has 110 valence electrons. The van der Waals surface area contributed by atoms with Gasteiger partial charge in [0, 0.05) is 23.5 Å². The number of amides is 1. The molecule has 2 rings (SSSR count). The number of anilines is 1. The second kappa shape index (κ2) is 7.48. The molecule has 2 nitrogen and oxygen atoms in total. The largest absolute Gasteiger partial charge is 0.315 e. The summed E-state index contributed by atoms with van der Waals surface area (Å²) in [6, 6.07) is 13.8. The quantitative estimate of drug-likeness (QED) is 0.814. The zero-order chi connectivity index (χ0) is 15.2. The third-order valence-electron chi connectivity index (χ3n) is 3.02. The lowest BCUT2D eigenvalue weighted by Crippen LogP contribution is -2.27. The first-order chi connectivity index (χ1) is 10.1. The topological polar surface area (TPSA) is 20.3 Å². The highest BCUT2D eigenvalue weighted by Gasteiger charge is 2.11. The summed E-state index contributed by atoms with van der Waals surface area (Å²) in [5.74, 6) is 0.588. The highest BCUT2D eigenvalue weighted by atomic mass is 35.5. The molecule has 0 aliphatic heterocycles. The van der Waals surface area contributed by atoms with Crippen LogP contribution in [0.25, 0.3) is 0 Å². The highest BCUT2D eigenvalue weighted by molar-refractivity contribution is 7.99. The van der Waals surface area contributed by atoms with Gasteiger partial charge in [-0.25, -0.2) is 4.39 Å². The van der Waals surface area contributed by atoms with E-state index >= 15 is 0 Å². The molecule has 21 heavy (non-hydrogen) atoms. The predicted octanol–water partition coefficient (Wildman–Crippen LogP) is 4.38. The first-order valence-corrected chi connectivity index (χ1v) is 7.94. The van der Waals surface area contributed by atoms with E-state index in [2.05, 4.69) is 0 Å². The molecule has 0 saturated heterocycles. The van der Waals surface area contributed by atoms with E-state index in [1.54, 1.807) is 18.0 Å². The Kier molecular flexibility index (Phi) is 5.65. The zero-order valence-electron chi connectivity index (χ0n) is 11.6. The van der Waals surface area contributed by atoms with Crippen LogP contribution in [0.2, 0.25) is 5.02 Å². The van der Waals surface area contributed by atoms with E-state index in [-0.39, 0.29) is 11.7 Å². The van der Waals surface area contributed by atoms with Crippen LogP contribution in [0.4, 0.5) is 10.1 Å². The molecule has 1 amide bonds. The predicted molar refractivity (Wildman–Crippen MR) is 87.4 cm³/mol. The maximum Gasteiger partial charge on any atom is 0.236 e. The molecule has 2 aromatic carbocycles. The van der Waals surface area contributed by atoms with Crippen LogP contribution in [0.5, 0.6) is 0 Å². The number of para-hydroxylation sites is 1. The van der Waals surface area contributed by atoms with Gasteiger partial charge in [0.2, 0.25) is 5.91 Å². The lowest BCUT2D eigenvalue weighted by molar-refractivity contribution is -0.115. The standard InChI is InChI=1S/C16H15ClFNOS/c1-19(14-5-3-2-4-6-14)16(20)11-21-10-12-7-8-13(18)9-15(12)17/h2-9H,10-11H2,1H3. The Morgan fingerprint density at radius 3 is 2.62 bits per heavy atom. The van der Waals surface area contributed by atoms with Gasteiger partial charge in [-0.3, -0.25) is 4.79 Å². The summed E-state index contributed by atoms with van der Waals surface area (Å²) in [6.07, 6.45) is 0. The normalized spacial score (nSPS) is 10.4. The molecule has 0 aromatic heterocycles. The van der Waals surface area contributed by atoms with Crippen molar-refractivity contribution in [3.63, 3.8) is 0 Å². The Bertz CT molecular complexity index is 621. The van der Waals surface area contributed by atoms with Gasteiger partial charge >= 0.3 is 0 Å². The lowest BCUT2D eigenvalue weighted by atomic mass is 10.2. The van der Waals surface area contributed by atoms with Crippen LogP contribution >= 0.6 is 23.4 Å². The maximum atomic E-state index is 12.9. The van der Waals surface area contributed by atoms with Crippen molar-refractivity contribution >= 4 is 35.0 Å². The molecular weight excluding hydrogens is 309 g/mol. The van der Waals surface area contributed by atoms with Crippen molar-refractivity contribution < 1.29 is 9.18 Å². The first-order valence-electron chi connectivity index (χ1n) is 6.41. The average molecular weight is 324 g/mol. The van der Waals surface area contributed by atoms with Crippen molar-refractivity contribution in [3.8, 4) is 0 Å². The molecule has 0 atom stereocenters. The summed E-state index contributed by atoms with van der Waals surface area (Å²) in [6.45, 7) is 0. The van der Waals surface area contributed by atoms with E-state index in [9.17, 15) is 9.18 Å². The minimum atomic E-state index is -0.353. The summed E-state index contributed by atoms with van der Waals surface area (Å²) >= 11 is 7.41. The number of rotatable bonds is 5. The third-order valence-corrected chi connectivity index (χ3v) is 4.33. The van der Waals surface area contributed by atoms with Crippen molar-refractivity contribution in [3.05, 3.63) is 64.9 Å².